The molecule has 0 aromatic heterocycles. The second kappa shape index (κ2) is 9.95. The van der Waals surface area contributed by atoms with Crippen molar-refractivity contribution in [1.82, 2.24) is 0 Å². The van der Waals surface area contributed by atoms with E-state index in [-0.39, 0.29) is 15.8 Å². The van der Waals surface area contributed by atoms with Gasteiger partial charge in [-0.05, 0) is 61.2 Å². The summed E-state index contributed by atoms with van der Waals surface area (Å²) in [5, 5.41) is 5.89. The van der Waals surface area contributed by atoms with Crippen LogP contribution in [0.4, 0.5) is 0 Å². The highest BCUT2D eigenvalue weighted by Crippen LogP contribution is 2.56. The summed E-state index contributed by atoms with van der Waals surface area (Å²) in [5.41, 5.74) is 1.46. The summed E-state index contributed by atoms with van der Waals surface area (Å²) in [6.45, 7) is 4.53. The van der Waals surface area contributed by atoms with E-state index >= 15 is 0 Å². The van der Waals surface area contributed by atoms with Gasteiger partial charge in [-0.1, -0.05) is 133 Å². The highest BCUT2D eigenvalue weighted by molar-refractivity contribution is 7.73. The molecule has 0 spiro atoms. The quantitative estimate of drug-likeness (QED) is 0.226. The first kappa shape index (κ1) is 21.3. The van der Waals surface area contributed by atoms with Crippen LogP contribution in [-0.4, -0.2) is 12.3 Å². The lowest BCUT2D eigenvalue weighted by molar-refractivity contribution is 0.850. The SMILES string of the molecule is C=C1[C@H](CP(c2ccccc2)c2ccccc2)[C@H]1CP(c1ccccc1)c1ccccc1. The van der Waals surface area contributed by atoms with E-state index in [1.165, 1.54) is 39.1 Å². The fourth-order valence-electron chi connectivity index (χ4n) is 4.48. The van der Waals surface area contributed by atoms with Gasteiger partial charge < -0.3 is 0 Å². The van der Waals surface area contributed by atoms with Crippen molar-refractivity contribution in [2.75, 3.05) is 12.3 Å². The third-order valence-corrected chi connectivity index (χ3v) is 11.6. The molecule has 0 heterocycles. The molecule has 0 nitrogen and oxygen atoms in total. The molecule has 2 heteroatoms. The van der Waals surface area contributed by atoms with Gasteiger partial charge >= 0.3 is 0 Å². The number of hydrogen-bond donors (Lipinski definition) is 0. The van der Waals surface area contributed by atoms with Crippen LogP contribution in [0.1, 0.15) is 0 Å². The summed E-state index contributed by atoms with van der Waals surface area (Å²) in [7, 11) is -0.736. The van der Waals surface area contributed by atoms with E-state index in [0.717, 1.165) is 0 Å². The Bertz CT molecular complexity index is 969. The molecule has 0 N–H and O–H groups in total. The lowest BCUT2D eigenvalue weighted by Gasteiger charge is -2.20. The van der Waals surface area contributed by atoms with Crippen LogP contribution in [0.25, 0.3) is 0 Å². The van der Waals surface area contributed by atoms with E-state index in [9.17, 15) is 0 Å². The van der Waals surface area contributed by atoms with Gasteiger partial charge in [0.25, 0.3) is 0 Å². The maximum absolute atomic E-state index is 4.53. The van der Waals surface area contributed by atoms with Crippen molar-refractivity contribution < 1.29 is 0 Å². The third kappa shape index (κ3) is 4.78. The molecule has 0 saturated heterocycles. The lowest BCUT2D eigenvalue weighted by Crippen LogP contribution is -2.17. The Kier molecular flexibility index (Phi) is 6.64. The largest absolute Gasteiger partial charge is 0.0992 e. The molecule has 1 aliphatic rings. The molecule has 4 aromatic rings. The zero-order chi connectivity index (χ0) is 21.8. The summed E-state index contributed by atoms with van der Waals surface area (Å²) in [6.07, 6.45) is 2.42. The van der Waals surface area contributed by atoms with Crippen molar-refractivity contribution in [3.8, 4) is 0 Å². The molecule has 4 aromatic carbocycles. The zero-order valence-corrected chi connectivity index (χ0v) is 20.0. The minimum absolute atomic E-state index is 0.368. The summed E-state index contributed by atoms with van der Waals surface area (Å²) in [6, 6.07) is 44.3. The first-order valence-corrected chi connectivity index (χ1v) is 14.3. The smallest absolute Gasteiger partial charge is 0.00882 e. The van der Waals surface area contributed by atoms with Gasteiger partial charge in [-0.3, -0.25) is 0 Å². The minimum atomic E-state index is -0.368. The van der Waals surface area contributed by atoms with Gasteiger partial charge in [0.05, 0.1) is 0 Å². The van der Waals surface area contributed by atoms with Crippen LogP contribution >= 0.6 is 15.8 Å². The van der Waals surface area contributed by atoms with Gasteiger partial charge in [-0.15, -0.1) is 0 Å². The molecule has 0 radical (unpaired) electrons. The number of benzene rings is 4. The molecule has 0 bridgehead atoms. The number of allylic oxidation sites excluding steroid dienone is 1. The van der Waals surface area contributed by atoms with Crippen LogP contribution in [0.5, 0.6) is 0 Å². The molecular weight excluding hydrogens is 422 g/mol. The number of hydrogen-bond acceptors (Lipinski definition) is 0. The van der Waals surface area contributed by atoms with Crippen molar-refractivity contribution in [3.05, 3.63) is 133 Å². The molecule has 1 aliphatic carbocycles. The van der Waals surface area contributed by atoms with E-state index in [4.69, 9.17) is 0 Å². The Hall–Kier alpha value is -2.52. The third-order valence-electron chi connectivity index (χ3n) is 6.36. The maximum atomic E-state index is 4.53. The topological polar surface area (TPSA) is 0 Å². The molecule has 1 saturated carbocycles. The van der Waals surface area contributed by atoms with E-state index in [2.05, 4.69) is 128 Å². The first-order chi connectivity index (χ1) is 15.8. The standard InChI is InChI=1S/C30H28P2/c1-24-29(22-31(25-14-6-2-7-15-25)26-16-8-3-9-17-26)30(24)23-32(27-18-10-4-11-19-27)28-20-12-5-13-21-28/h2-21,29-30H,1,22-23H2/t29-,30-/m0/s1. The molecular formula is C30H28P2. The van der Waals surface area contributed by atoms with Gasteiger partial charge in [0.1, 0.15) is 0 Å². The molecule has 0 amide bonds. The van der Waals surface area contributed by atoms with Crippen LogP contribution in [0.2, 0.25) is 0 Å². The van der Waals surface area contributed by atoms with E-state index in [0.29, 0.717) is 11.8 Å². The fraction of sp³-hybridized carbons (Fsp3) is 0.133. The van der Waals surface area contributed by atoms with Gasteiger partial charge in [0.2, 0.25) is 0 Å². The Morgan fingerprint density at radius 2 is 0.688 bits per heavy atom. The molecule has 32 heavy (non-hydrogen) atoms. The molecule has 0 aliphatic heterocycles. The summed E-state index contributed by atoms with van der Waals surface area (Å²) in [5.74, 6) is 1.25. The van der Waals surface area contributed by atoms with Crippen LogP contribution < -0.4 is 21.2 Å². The van der Waals surface area contributed by atoms with Crippen molar-refractivity contribution in [3.63, 3.8) is 0 Å². The summed E-state index contributed by atoms with van der Waals surface area (Å²) >= 11 is 0. The van der Waals surface area contributed by atoms with Crippen LogP contribution in [0.15, 0.2) is 133 Å². The van der Waals surface area contributed by atoms with E-state index in [1.807, 2.05) is 0 Å². The Morgan fingerprint density at radius 1 is 0.438 bits per heavy atom. The van der Waals surface area contributed by atoms with Gasteiger partial charge in [-0.2, -0.15) is 0 Å². The van der Waals surface area contributed by atoms with Crippen LogP contribution in [-0.2, 0) is 0 Å². The zero-order valence-electron chi connectivity index (χ0n) is 18.2. The fourth-order valence-corrected chi connectivity index (χ4v) is 9.81. The minimum Gasteiger partial charge on any atom is -0.0992 e. The van der Waals surface area contributed by atoms with E-state index < -0.39 is 0 Å². The van der Waals surface area contributed by atoms with Crippen molar-refractivity contribution in [2.45, 2.75) is 0 Å². The predicted molar refractivity (Wildman–Crippen MR) is 144 cm³/mol. The van der Waals surface area contributed by atoms with Crippen LogP contribution in [0, 0.1) is 11.8 Å². The van der Waals surface area contributed by atoms with Crippen molar-refractivity contribution >= 4 is 37.1 Å². The molecule has 2 atom stereocenters. The van der Waals surface area contributed by atoms with Crippen LogP contribution in [0.3, 0.4) is 0 Å². The Labute approximate surface area is 194 Å². The second-order valence-corrected chi connectivity index (χ2v) is 12.9. The molecule has 158 valence electrons. The summed E-state index contributed by atoms with van der Waals surface area (Å²) in [4.78, 5) is 0. The van der Waals surface area contributed by atoms with Gasteiger partial charge in [-0.25, -0.2) is 0 Å². The Morgan fingerprint density at radius 3 is 0.938 bits per heavy atom. The van der Waals surface area contributed by atoms with Crippen molar-refractivity contribution in [1.29, 1.82) is 0 Å². The number of rotatable bonds is 8. The predicted octanol–water partition coefficient (Wildman–Crippen LogP) is 6.05. The normalized spacial score (nSPS) is 17.6. The van der Waals surface area contributed by atoms with Gasteiger partial charge in [0, 0.05) is 0 Å². The lowest BCUT2D eigenvalue weighted by atomic mass is 10.4. The monoisotopic (exact) mass is 450 g/mol. The Balaban J connectivity index is 1.38. The average molecular weight is 451 g/mol. The first-order valence-electron chi connectivity index (χ1n) is 11.3. The maximum Gasteiger partial charge on any atom is -0.00882 e. The van der Waals surface area contributed by atoms with E-state index in [1.54, 1.807) is 0 Å². The average Bonchev–Trinajstić information content (AvgIpc) is 3.49. The summed E-state index contributed by atoms with van der Waals surface area (Å²) < 4.78 is 0. The highest BCUT2D eigenvalue weighted by Gasteiger charge is 2.44. The van der Waals surface area contributed by atoms with Gasteiger partial charge in [0.15, 0.2) is 0 Å². The molecule has 0 unspecified atom stereocenters. The van der Waals surface area contributed by atoms with Crippen molar-refractivity contribution in [2.24, 2.45) is 11.8 Å². The second-order valence-electron chi connectivity index (χ2n) is 8.35. The molecule has 5 rings (SSSR count). The highest BCUT2D eigenvalue weighted by atomic mass is 31.1. The molecule has 1 fully saturated rings.